The first kappa shape index (κ1) is 20.0. The number of H-pyrrole nitrogens is 1. The van der Waals surface area contributed by atoms with Crippen LogP contribution in [0.4, 0.5) is 5.69 Å². The lowest BCUT2D eigenvalue weighted by atomic mass is 9.97. The van der Waals surface area contributed by atoms with E-state index in [0.717, 1.165) is 44.7 Å². The SMILES string of the molecule is COc1ccc2c(c1)C(CCNC(=O)Cc1c(C)[nH]c3c(C)ccc(C)c13)C(=O)N2. The molecular weight excluding hydrogens is 378 g/mol. The van der Waals surface area contributed by atoms with Crippen molar-refractivity contribution >= 4 is 28.4 Å². The summed E-state index contributed by atoms with van der Waals surface area (Å²) in [6.07, 6.45) is 0.861. The van der Waals surface area contributed by atoms with Crippen LogP contribution in [0.5, 0.6) is 5.75 Å². The average molecular weight is 405 g/mol. The van der Waals surface area contributed by atoms with Crippen LogP contribution in [0.3, 0.4) is 0 Å². The molecule has 1 aliphatic heterocycles. The number of fused-ring (bicyclic) bond motifs is 2. The number of amides is 2. The summed E-state index contributed by atoms with van der Waals surface area (Å²) in [5, 5.41) is 7.03. The fourth-order valence-corrected chi connectivity index (χ4v) is 4.33. The molecule has 6 heteroatoms. The molecule has 3 N–H and O–H groups in total. The zero-order valence-electron chi connectivity index (χ0n) is 17.8. The van der Waals surface area contributed by atoms with E-state index in [1.54, 1.807) is 7.11 Å². The van der Waals surface area contributed by atoms with Crippen molar-refractivity contribution in [2.45, 2.75) is 39.5 Å². The number of carbonyl (C=O) groups is 2. The van der Waals surface area contributed by atoms with Crippen LogP contribution in [0.15, 0.2) is 30.3 Å². The minimum Gasteiger partial charge on any atom is -0.497 e. The molecule has 0 saturated carbocycles. The number of hydrogen-bond acceptors (Lipinski definition) is 3. The van der Waals surface area contributed by atoms with E-state index in [4.69, 9.17) is 4.74 Å². The monoisotopic (exact) mass is 405 g/mol. The van der Waals surface area contributed by atoms with Gasteiger partial charge in [-0.3, -0.25) is 9.59 Å². The molecule has 0 spiro atoms. The van der Waals surface area contributed by atoms with Crippen molar-refractivity contribution in [3.63, 3.8) is 0 Å². The van der Waals surface area contributed by atoms with Crippen molar-refractivity contribution in [3.05, 3.63) is 58.3 Å². The normalized spacial score (nSPS) is 15.2. The molecule has 0 fully saturated rings. The first-order valence-electron chi connectivity index (χ1n) is 10.2. The highest BCUT2D eigenvalue weighted by Gasteiger charge is 2.30. The Kier molecular flexibility index (Phi) is 5.24. The molecule has 6 nitrogen and oxygen atoms in total. The Bertz CT molecular complexity index is 1150. The van der Waals surface area contributed by atoms with Gasteiger partial charge < -0.3 is 20.4 Å². The lowest BCUT2D eigenvalue weighted by Gasteiger charge is -2.11. The molecule has 4 rings (SSSR count). The van der Waals surface area contributed by atoms with Gasteiger partial charge in [0.1, 0.15) is 5.75 Å². The van der Waals surface area contributed by atoms with Crippen molar-refractivity contribution < 1.29 is 14.3 Å². The van der Waals surface area contributed by atoms with Crippen LogP contribution in [0.2, 0.25) is 0 Å². The van der Waals surface area contributed by atoms with Crippen LogP contribution in [0.25, 0.3) is 10.9 Å². The van der Waals surface area contributed by atoms with Crippen LogP contribution in [0.1, 0.15) is 40.3 Å². The highest BCUT2D eigenvalue weighted by molar-refractivity contribution is 6.03. The van der Waals surface area contributed by atoms with E-state index in [0.29, 0.717) is 19.4 Å². The maximum Gasteiger partial charge on any atom is 0.232 e. The van der Waals surface area contributed by atoms with Gasteiger partial charge in [-0.05, 0) is 67.6 Å². The van der Waals surface area contributed by atoms with Gasteiger partial charge in [-0.25, -0.2) is 0 Å². The third-order valence-electron chi connectivity index (χ3n) is 5.99. The Morgan fingerprint density at radius 2 is 1.90 bits per heavy atom. The number of ether oxygens (including phenoxy) is 1. The Balaban J connectivity index is 1.43. The molecule has 0 saturated heterocycles. The topological polar surface area (TPSA) is 83.2 Å². The van der Waals surface area contributed by atoms with Crippen LogP contribution in [0, 0.1) is 20.8 Å². The standard InChI is InChI=1S/C24H27N3O3/c1-13-5-6-14(2)23-22(13)18(15(3)26-23)12-21(28)25-10-9-17-19-11-16(30-4)7-8-20(19)27-24(17)29/h5-8,11,17,26H,9-10,12H2,1-4H3,(H,25,28)(H,27,29). The Labute approximate surface area is 176 Å². The fraction of sp³-hybridized carbons (Fsp3) is 0.333. The number of benzene rings is 2. The summed E-state index contributed by atoms with van der Waals surface area (Å²) in [5.41, 5.74) is 7.24. The van der Waals surface area contributed by atoms with E-state index in [9.17, 15) is 9.59 Å². The number of aromatic amines is 1. The predicted molar refractivity (Wildman–Crippen MR) is 118 cm³/mol. The van der Waals surface area contributed by atoms with E-state index in [-0.39, 0.29) is 17.7 Å². The highest BCUT2D eigenvalue weighted by Crippen LogP contribution is 2.36. The number of carbonyl (C=O) groups excluding carboxylic acids is 2. The van der Waals surface area contributed by atoms with Gasteiger partial charge in [0.15, 0.2) is 0 Å². The molecule has 2 aromatic carbocycles. The number of anilines is 1. The molecule has 156 valence electrons. The van der Waals surface area contributed by atoms with Gasteiger partial charge in [0, 0.05) is 28.8 Å². The molecule has 0 bridgehead atoms. The van der Waals surface area contributed by atoms with E-state index in [1.165, 1.54) is 5.56 Å². The number of methoxy groups -OCH3 is 1. The Hall–Kier alpha value is -3.28. The van der Waals surface area contributed by atoms with Gasteiger partial charge in [0.2, 0.25) is 11.8 Å². The van der Waals surface area contributed by atoms with Crippen LogP contribution in [-0.2, 0) is 16.0 Å². The maximum atomic E-state index is 12.7. The molecule has 1 atom stereocenters. The van der Waals surface area contributed by atoms with Crippen LogP contribution in [-0.4, -0.2) is 30.5 Å². The third-order valence-corrected chi connectivity index (χ3v) is 5.99. The van der Waals surface area contributed by atoms with Crippen molar-refractivity contribution in [1.82, 2.24) is 10.3 Å². The van der Waals surface area contributed by atoms with Gasteiger partial charge in [0.05, 0.1) is 19.4 Å². The second-order valence-corrected chi connectivity index (χ2v) is 7.99. The number of aryl methyl sites for hydroxylation is 3. The lowest BCUT2D eigenvalue weighted by molar-refractivity contribution is -0.121. The number of rotatable bonds is 6. The van der Waals surface area contributed by atoms with Crippen molar-refractivity contribution in [1.29, 1.82) is 0 Å². The Morgan fingerprint density at radius 1 is 1.13 bits per heavy atom. The Morgan fingerprint density at radius 3 is 2.67 bits per heavy atom. The first-order valence-corrected chi connectivity index (χ1v) is 10.2. The maximum absolute atomic E-state index is 12.7. The van der Waals surface area contributed by atoms with Gasteiger partial charge in [-0.15, -0.1) is 0 Å². The van der Waals surface area contributed by atoms with Crippen molar-refractivity contribution in [2.75, 3.05) is 19.0 Å². The van der Waals surface area contributed by atoms with Crippen molar-refractivity contribution in [2.24, 2.45) is 0 Å². The first-order chi connectivity index (χ1) is 14.4. The largest absolute Gasteiger partial charge is 0.497 e. The van der Waals surface area contributed by atoms with Crippen molar-refractivity contribution in [3.8, 4) is 5.75 Å². The quantitative estimate of drug-likeness (QED) is 0.582. The molecule has 1 aliphatic rings. The zero-order chi connectivity index (χ0) is 21.4. The molecule has 0 aliphatic carbocycles. The summed E-state index contributed by atoms with van der Waals surface area (Å²) in [5.74, 6) is 0.366. The van der Waals surface area contributed by atoms with Gasteiger partial charge in [0.25, 0.3) is 0 Å². The molecule has 2 heterocycles. The average Bonchev–Trinajstić information content (AvgIpc) is 3.22. The summed E-state index contributed by atoms with van der Waals surface area (Å²) >= 11 is 0. The molecule has 30 heavy (non-hydrogen) atoms. The lowest BCUT2D eigenvalue weighted by Crippen LogP contribution is -2.28. The fourth-order valence-electron chi connectivity index (χ4n) is 4.33. The van der Waals surface area contributed by atoms with Crippen LogP contribution < -0.4 is 15.4 Å². The molecule has 1 aromatic heterocycles. The minimum atomic E-state index is -0.282. The van der Waals surface area contributed by atoms with Gasteiger partial charge >= 0.3 is 0 Å². The third kappa shape index (κ3) is 3.54. The molecule has 1 unspecified atom stereocenters. The molecule has 3 aromatic rings. The predicted octanol–water partition coefficient (Wildman–Crippen LogP) is 3.89. The summed E-state index contributed by atoms with van der Waals surface area (Å²) in [6.45, 7) is 6.59. The zero-order valence-corrected chi connectivity index (χ0v) is 17.8. The second kappa shape index (κ2) is 7.86. The van der Waals surface area contributed by atoms with E-state index >= 15 is 0 Å². The van der Waals surface area contributed by atoms with Gasteiger partial charge in [-0.2, -0.15) is 0 Å². The summed E-state index contributed by atoms with van der Waals surface area (Å²) in [6, 6.07) is 9.76. The van der Waals surface area contributed by atoms with E-state index < -0.39 is 0 Å². The number of aromatic nitrogens is 1. The summed E-state index contributed by atoms with van der Waals surface area (Å²) in [4.78, 5) is 28.4. The summed E-state index contributed by atoms with van der Waals surface area (Å²) < 4.78 is 5.28. The number of hydrogen-bond donors (Lipinski definition) is 3. The molecular formula is C24H27N3O3. The van der Waals surface area contributed by atoms with E-state index in [2.05, 4.69) is 41.6 Å². The number of nitrogens with one attached hydrogen (secondary N) is 3. The van der Waals surface area contributed by atoms with Gasteiger partial charge in [-0.1, -0.05) is 12.1 Å². The minimum absolute atomic E-state index is 0.0360. The van der Waals surface area contributed by atoms with E-state index in [1.807, 2.05) is 25.1 Å². The molecule has 2 amide bonds. The smallest absolute Gasteiger partial charge is 0.232 e. The second-order valence-electron chi connectivity index (χ2n) is 7.99. The summed E-state index contributed by atoms with van der Waals surface area (Å²) in [7, 11) is 1.61. The van der Waals surface area contributed by atoms with Crippen LogP contribution >= 0.6 is 0 Å². The molecule has 0 radical (unpaired) electrons. The highest BCUT2D eigenvalue weighted by atomic mass is 16.5.